The van der Waals surface area contributed by atoms with Gasteiger partial charge in [-0.1, -0.05) is 20.8 Å². The lowest BCUT2D eigenvalue weighted by atomic mass is 9.74. The molecule has 1 amide bonds. The third-order valence-corrected chi connectivity index (χ3v) is 3.83. The lowest BCUT2D eigenvalue weighted by Gasteiger charge is -2.36. The highest BCUT2D eigenvalue weighted by molar-refractivity contribution is 5.82. The lowest BCUT2D eigenvalue weighted by Crippen LogP contribution is -2.48. The van der Waals surface area contributed by atoms with E-state index in [-0.39, 0.29) is 23.8 Å². The average Bonchev–Trinajstić information content (AvgIpc) is 2.36. The van der Waals surface area contributed by atoms with Gasteiger partial charge in [-0.2, -0.15) is 0 Å². The second-order valence-corrected chi connectivity index (χ2v) is 5.76. The number of carbonyl (C=O) groups excluding carboxylic acids is 1. The standard InChI is InChI=1S/C13H26N2O2/c1-10(9-16)7-15-12(17)13(2,3)11-5-4-6-14-8-11/h10-11,14,16H,4-9H2,1-3H3,(H,15,17). The van der Waals surface area contributed by atoms with E-state index in [1.807, 2.05) is 20.8 Å². The Morgan fingerprint density at radius 2 is 2.29 bits per heavy atom. The molecule has 2 unspecified atom stereocenters. The van der Waals surface area contributed by atoms with Crippen molar-refractivity contribution in [2.45, 2.75) is 33.6 Å². The molecule has 0 saturated carbocycles. The molecule has 4 nitrogen and oxygen atoms in total. The number of hydrogen-bond donors (Lipinski definition) is 3. The highest BCUT2D eigenvalue weighted by atomic mass is 16.3. The van der Waals surface area contributed by atoms with Crippen LogP contribution in [0, 0.1) is 17.3 Å². The molecule has 0 bridgehead atoms. The van der Waals surface area contributed by atoms with E-state index in [0.717, 1.165) is 25.9 Å². The van der Waals surface area contributed by atoms with E-state index in [1.165, 1.54) is 0 Å². The molecule has 100 valence electrons. The molecule has 0 aromatic rings. The molecule has 1 fully saturated rings. The Hall–Kier alpha value is -0.610. The molecule has 1 saturated heterocycles. The van der Waals surface area contributed by atoms with E-state index < -0.39 is 0 Å². The number of aliphatic hydroxyl groups excluding tert-OH is 1. The summed E-state index contributed by atoms with van der Waals surface area (Å²) in [5, 5.41) is 15.2. The monoisotopic (exact) mass is 242 g/mol. The topological polar surface area (TPSA) is 61.4 Å². The molecule has 0 aliphatic carbocycles. The van der Waals surface area contributed by atoms with Crippen LogP contribution in [0.3, 0.4) is 0 Å². The quantitative estimate of drug-likeness (QED) is 0.667. The summed E-state index contributed by atoms with van der Waals surface area (Å²) >= 11 is 0. The Bertz CT molecular complexity index is 248. The normalized spacial score (nSPS) is 23.2. The molecule has 1 aliphatic rings. The van der Waals surface area contributed by atoms with Gasteiger partial charge in [-0.15, -0.1) is 0 Å². The molecule has 0 aromatic carbocycles. The maximum absolute atomic E-state index is 12.2. The van der Waals surface area contributed by atoms with Gasteiger partial charge in [0.2, 0.25) is 5.91 Å². The Morgan fingerprint density at radius 3 is 2.82 bits per heavy atom. The van der Waals surface area contributed by atoms with Gasteiger partial charge in [-0.25, -0.2) is 0 Å². The van der Waals surface area contributed by atoms with Gasteiger partial charge >= 0.3 is 0 Å². The number of rotatable bonds is 5. The zero-order valence-electron chi connectivity index (χ0n) is 11.3. The van der Waals surface area contributed by atoms with Gasteiger partial charge in [0.1, 0.15) is 0 Å². The summed E-state index contributed by atoms with van der Waals surface area (Å²) < 4.78 is 0. The van der Waals surface area contributed by atoms with Gasteiger partial charge in [0.05, 0.1) is 0 Å². The molecular weight excluding hydrogens is 216 g/mol. The number of piperidine rings is 1. The second kappa shape index (κ2) is 6.36. The smallest absolute Gasteiger partial charge is 0.225 e. The first-order chi connectivity index (χ1) is 7.98. The summed E-state index contributed by atoms with van der Waals surface area (Å²) in [5.41, 5.74) is -0.331. The number of aliphatic hydroxyl groups is 1. The van der Waals surface area contributed by atoms with Crippen LogP contribution in [0.4, 0.5) is 0 Å². The van der Waals surface area contributed by atoms with Crippen molar-refractivity contribution >= 4 is 5.91 Å². The maximum atomic E-state index is 12.2. The van der Waals surface area contributed by atoms with E-state index in [9.17, 15) is 4.79 Å². The third kappa shape index (κ3) is 3.96. The van der Waals surface area contributed by atoms with E-state index >= 15 is 0 Å². The average molecular weight is 242 g/mol. The van der Waals surface area contributed by atoms with Crippen LogP contribution < -0.4 is 10.6 Å². The van der Waals surface area contributed by atoms with Crippen molar-refractivity contribution in [2.24, 2.45) is 17.3 Å². The predicted molar refractivity (Wildman–Crippen MR) is 68.6 cm³/mol. The molecule has 1 heterocycles. The summed E-state index contributed by atoms with van der Waals surface area (Å²) in [4.78, 5) is 12.2. The Labute approximate surface area is 104 Å². The number of amides is 1. The summed E-state index contributed by atoms with van der Waals surface area (Å²) in [6.45, 7) is 8.62. The minimum Gasteiger partial charge on any atom is -0.396 e. The third-order valence-electron chi connectivity index (χ3n) is 3.83. The van der Waals surface area contributed by atoms with Crippen LogP contribution in [0.2, 0.25) is 0 Å². The number of nitrogens with one attached hydrogen (secondary N) is 2. The van der Waals surface area contributed by atoms with Crippen molar-refractivity contribution in [3.8, 4) is 0 Å². The fourth-order valence-corrected chi connectivity index (χ4v) is 2.21. The van der Waals surface area contributed by atoms with Crippen LogP contribution in [0.5, 0.6) is 0 Å². The van der Waals surface area contributed by atoms with E-state index in [4.69, 9.17) is 5.11 Å². The minimum absolute atomic E-state index is 0.103. The van der Waals surface area contributed by atoms with Crippen LogP contribution in [-0.2, 0) is 4.79 Å². The second-order valence-electron chi connectivity index (χ2n) is 5.76. The van der Waals surface area contributed by atoms with Gasteiger partial charge in [-0.3, -0.25) is 4.79 Å². The van der Waals surface area contributed by atoms with Crippen molar-refractivity contribution in [2.75, 3.05) is 26.2 Å². The summed E-state index contributed by atoms with van der Waals surface area (Å²) in [6.07, 6.45) is 2.26. The van der Waals surface area contributed by atoms with Crippen LogP contribution >= 0.6 is 0 Å². The van der Waals surface area contributed by atoms with Gasteiger partial charge in [0.15, 0.2) is 0 Å². The van der Waals surface area contributed by atoms with E-state index in [0.29, 0.717) is 12.5 Å². The first-order valence-electron chi connectivity index (χ1n) is 6.58. The molecular formula is C13H26N2O2. The number of carbonyl (C=O) groups is 1. The molecule has 0 spiro atoms. The SMILES string of the molecule is CC(CO)CNC(=O)C(C)(C)C1CCCNC1. The minimum atomic E-state index is -0.331. The molecule has 0 aromatic heterocycles. The van der Waals surface area contributed by atoms with Crippen LogP contribution in [-0.4, -0.2) is 37.3 Å². The molecule has 1 aliphatic heterocycles. The zero-order valence-corrected chi connectivity index (χ0v) is 11.3. The lowest BCUT2D eigenvalue weighted by molar-refractivity contribution is -0.132. The van der Waals surface area contributed by atoms with Crippen molar-refractivity contribution in [1.82, 2.24) is 10.6 Å². The van der Waals surface area contributed by atoms with E-state index in [1.54, 1.807) is 0 Å². The van der Waals surface area contributed by atoms with Crippen LogP contribution in [0.15, 0.2) is 0 Å². The van der Waals surface area contributed by atoms with Crippen LogP contribution in [0.1, 0.15) is 33.6 Å². The molecule has 2 atom stereocenters. The Kier molecular flexibility index (Phi) is 5.40. The Balaban J connectivity index is 2.47. The van der Waals surface area contributed by atoms with Gasteiger partial charge < -0.3 is 15.7 Å². The van der Waals surface area contributed by atoms with E-state index in [2.05, 4.69) is 10.6 Å². The predicted octanol–water partition coefficient (Wildman–Crippen LogP) is 0.757. The largest absolute Gasteiger partial charge is 0.396 e. The molecule has 0 radical (unpaired) electrons. The zero-order chi connectivity index (χ0) is 12.9. The highest BCUT2D eigenvalue weighted by Crippen LogP contribution is 2.31. The summed E-state index contributed by atoms with van der Waals surface area (Å²) in [5.74, 6) is 0.631. The van der Waals surface area contributed by atoms with Crippen molar-refractivity contribution < 1.29 is 9.90 Å². The summed E-state index contributed by atoms with van der Waals surface area (Å²) in [6, 6.07) is 0. The molecule has 17 heavy (non-hydrogen) atoms. The Morgan fingerprint density at radius 1 is 1.59 bits per heavy atom. The fraction of sp³-hybridized carbons (Fsp3) is 0.923. The molecule has 3 N–H and O–H groups in total. The van der Waals surface area contributed by atoms with Gasteiger partial charge in [0.25, 0.3) is 0 Å². The first-order valence-corrected chi connectivity index (χ1v) is 6.58. The van der Waals surface area contributed by atoms with Crippen molar-refractivity contribution in [1.29, 1.82) is 0 Å². The van der Waals surface area contributed by atoms with Crippen LogP contribution in [0.25, 0.3) is 0 Å². The highest BCUT2D eigenvalue weighted by Gasteiger charge is 2.37. The molecule has 4 heteroatoms. The van der Waals surface area contributed by atoms with Gasteiger partial charge in [0, 0.05) is 18.6 Å². The molecule has 1 rings (SSSR count). The summed E-state index contributed by atoms with van der Waals surface area (Å²) in [7, 11) is 0. The first kappa shape index (κ1) is 14.5. The maximum Gasteiger partial charge on any atom is 0.225 e. The van der Waals surface area contributed by atoms with Crippen molar-refractivity contribution in [3.63, 3.8) is 0 Å². The number of hydrogen-bond acceptors (Lipinski definition) is 3. The van der Waals surface area contributed by atoms with Gasteiger partial charge in [-0.05, 0) is 37.8 Å². The fourth-order valence-electron chi connectivity index (χ4n) is 2.21. The van der Waals surface area contributed by atoms with Crippen molar-refractivity contribution in [3.05, 3.63) is 0 Å².